The lowest BCUT2D eigenvalue weighted by molar-refractivity contribution is 0.102. The zero-order chi connectivity index (χ0) is 19.5. The van der Waals surface area contributed by atoms with Crippen molar-refractivity contribution in [1.29, 1.82) is 0 Å². The van der Waals surface area contributed by atoms with Crippen LogP contribution in [-0.4, -0.2) is 27.2 Å². The van der Waals surface area contributed by atoms with Crippen molar-refractivity contribution in [3.63, 3.8) is 0 Å². The van der Waals surface area contributed by atoms with Gasteiger partial charge < -0.3 is 5.32 Å². The molecule has 0 saturated carbocycles. The Labute approximate surface area is 182 Å². The molecule has 1 aliphatic heterocycles. The second-order valence-electron chi connectivity index (χ2n) is 6.24. The molecule has 2 aromatic carbocycles. The predicted molar refractivity (Wildman–Crippen MR) is 120 cm³/mol. The lowest BCUT2D eigenvalue weighted by Crippen LogP contribution is -2.16. The molecule has 1 aliphatic rings. The third-order valence-electron chi connectivity index (χ3n) is 4.38. The second kappa shape index (κ2) is 8.82. The summed E-state index contributed by atoms with van der Waals surface area (Å²) in [6.45, 7) is 0.414. The van der Waals surface area contributed by atoms with Gasteiger partial charge in [-0.15, -0.1) is 23.5 Å². The maximum Gasteiger partial charge on any atom is 0.256 e. The molecule has 1 aromatic heterocycles. The van der Waals surface area contributed by atoms with E-state index in [1.807, 2.05) is 59.9 Å². The van der Waals surface area contributed by atoms with Crippen LogP contribution in [0.3, 0.4) is 0 Å². The van der Waals surface area contributed by atoms with Crippen molar-refractivity contribution in [2.45, 2.75) is 11.1 Å². The van der Waals surface area contributed by atoms with E-state index >= 15 is 0 Å². The Morgan fingerprint density at radius 3 is 2.61 bits per heavy atom. The molecule has 1 fully saturated rings. The molecule has 1 saturated heterocycles. The van der Waals surface area contributed by atoms with E-state index in [4.69, 9.17) is 23.2 Å². The summed E-state index contributed by atoms with van der Waals surface area (Å²) in [4.78, 5) is 12.7. The van der Waals surface area contributed by atoms with Crippen LogP contribution in [0.4, 0.5) is 5.82 Å². The number of hydrogen-bond donors (Lipinski definition) is 1. The number of carbonyl (C=O) groups is 1. The summed E-state index contributed by atoms with van der Waals surface area (Å²) in [5.41, 5.74) is 2.71. The van der Waals surface area contributed by atoms with Crippen LogP contribution in [-0.2, 0) is 6.54 Å². The number of rotatable bonds is 5. The third kappa shape index (κ3) is 4.35. The maximum atomic E-state index is 12.7. The first kappa shape index (κ1) is 19.7. The van der Waals surface area contributed by atoms with E-state index in [0.717, 1.165) is 5.56 Å². The summed E-state index contributed by atoms with van der Waals surface area (Å²) >= 11 is 16.3. The Bertz CT molecular complexity index is 985. The second-order valence-corrected chi connectivity index (χ2v) is 9.75. The van der Waals surface area contributed by atoms with Crippen LogP contribution in [0.15, 0.2) is 54.7 Å². The molecule has 0 spiro atoms. The number of carbonyl (C=O) groups excluding carboxylic acids is 1. The Morgan fingerprint density at radius 2 is 1.86 bits per heavy atom. The van der Waals surface area contributed by atoms with E-state index < -0.39 is 0 Å². The van der Waals surface area contributed by atoms with Gasteiger partial charge in [0, 0.05) is 23.1 Å². The number of benzene rings is 2. The van der Waals surface area contributed by atoms with Gasteiger partial charge in [0.05, 0.1) is 27.4 Å². The van der Waals surface area contributed by atoms with E-state index in [9.17, 15) is 4.79 Å². The normalized spacial score (nSPS) is 14.4. The largest absolute Gasteiger partial charge is 0.307 e. The zero-order valence-electron chi connectivity index (χ0n) is 14.8. The van der Waals surface area contributed by atoms with Crippen LogP contribution in [0.5, 0.6) is 0 Å². The maximum absolute atomic E-state index is 12.7. The summed E-state index contributed by atoms with van der Waals surface area (Å²) in [5, 5.41) is 8.21. The van der Waals surface area contributed by atoms with Crippen LogP contribution in [0.25, 0.3) is 0 Å². The highest BCUT2D eigenvalue weighted by atomic mass is 35.5. The Morgan fingerprint density at radius 1 is 1.11 bits per heavy atom. The first-order valence-electron chi connectivity index (χ1n) is 8.71. The van der Waals surface area contributed by atoms with Crippen LogP contribution in [0.1, 0.15) is 26.1 Å². The molecular formula is C20H17Cl2N3OS2. The minimum atomic E-state index is -0.169. The molecule has 4 rings (SSSR count). The van der Waals surface area contributed by atoms with Crippen LogP contribution in [0.2, 0.25) is 10.0 Å². The molecule has 0 atom stereocenters. The smallest absolute Gasteiger partial charge is 0.256 e. The highest BCUT2D eigenvalue weighted by Gasteiger charge is 2.19. The van der Waals surface area contributed by atoms with Crippen LogP contribution in [0, 0.1) is 0 Å². The van der Waals surface area contributed by atoms with Crippen molar-refractivity contribution in [2.24, 2.45) is 0 Å². The molecule has 0 unspecified atom stereocenters. The van der Waals surface area contributed by atoms with E-state index in [1.165, 1.54) is 17.1 Å². The van der Waals surface area contributed by atoms with Gasteiger partial charge in [0.1, 0.15) is 5.82 Å². The fraction of sp³-hybridized carbons (Fsp3) is 0.200. The highest BCUT2D eigenvalue weighted by Crippen LogP contribution is 2.45. The van der Waals surface area contributed by atoms with Gasteiger partial charge in [-0.2, -0.15) is 5.10 Å². The van der Waals surface area contributed by atoms with Gasteiger partial charge in [-0.05, 0) is 29.3 Å². The van der Waals surface area contributed by atoms with Gasteiger partial charge in [0.2, 0.25) is 0 Å². The molecular weight excluding hydrogens is 433 g/mol. The monoisotopic (exact) mass is 449 g/mol. The molecule has 8 heteroatoms. The van der Waals surface area contributed by atoms with Gasteiger partial charge in [-0.3, -0.25) is 4.79 Å². The molecule has 2 heterocycles. The number of halogens is 2. The fourth-order valence-corrected chi connectivity index (χ4v) is 6.17. The van der Waals surface area contributed by atoms with E-state index in [2.05, 4.69) is 10.4 Å². The number of nitrogens with one attached hydrogen (secondary N) is 1. The Kier molecular flexibility index (Phi) is 6.21. The minimum absolute atomic E-state index is 0.169. The molecule has 0 aliphatic carbocycles. The number of hydrogen-bond acceptors (Lipinski definition) is 4. The quantitative estimate of drug-likeness (QED) is 0.520. The fourth-order valence-electron chi connectivity index (χ4n) is 2.93. The molecule has 3 aromatic rings. The van der Waals surface area contributed by atoms with Crippen molar-refractivity contribution in [1.82, 2.24) is 9.78 Å². The van der Waals surface area contributed by atoms with Crippen LogP contribution < -0.4 is 5.32 Å². The molecule has 0 bridgehead atoms. The molecule has 28 heavy (non-hydrogen) atoms. The SMILES string of the molecule is O=C(Nc1ccnn1Cc1cccc(Cl)c1Cl)c1ccc(C2SCCS2)cc1. The van der Waals surface area contributed by atoms with Gasteiger partial charge in [0.15, 0.2) is 0 Å². The summed E-state index contributed by atoms with van der Waals surface area (Å²) in [6, 6.07) is 15.0. The molecule has 0 radical (unpaired) electrons. The number of nitrogens with zero attached hydrogens (tertiary/aromatic N) is 2. The topological polar surface area (TPSA) is 46.9 Å². The number of aromatic nitrogens is 2. The predicted octanol–water partition coefficient (Wildman–Crippen LogP) is 5.97. The molecule has 1 amide bonds. The van der Waals surface area contributed by atoms with Crippen molar-refractivity contribution in [2.75, 3.05) is 16.8 Å². The van der Waals surface area contributed by atoms with Gasteiger partial charge >= 0.3 is 0 Å². The summed E-state index contributed by atoms with van der Waals surface area (Å²) in [7, 11) is 0. The third-order valence-corrected chi connectivity index (χ3v) is 8.34. The van der Waals surface area contributed by atoms with Gasteiger partial charge in [0.25, 0.3) is 5.91 Å². The van der Waals surface area contributed by atoms with E-state index in [1.54, 1.807) is 23.0 Å². The lowest BCUT2D eigenvalue weighted by Gasteiger charge is -2.12. The molecule has 4 nitrogen and oxygen atoms in total. The van der Waals surface area contributed by atoms with Gasteiger partial charge in [-0.1, -0.05) is 47.5 Å². The van der Waals surface area contributed by atoms with Crippen molar-refractivity contribution < 1.29 is 4.79 Å². The summed E-state index contributed by atoms with van der Waals surface area (Å²) in [5.74, 6) is 2.79. The van der Waals surface area contributed by atoms with Gasteiger partial charge in [-0.25, -0.2) is 4.68 Å². The molecule has 144 valence electrons. The molecule has 1 N–H and O–H groups in total. The minimum Gasteiger partial charge on any atom is -0.307 e. The number of anilines is 1. The first-order valence-corrected chi connectivity index (χ1v) is 11.6. The first-order chi connectivity index (χ1) is 13.6. The van der Waals surface area contributed by atoms with Crippen LogP contribution >= 0.6 is 46.7 Å². The summed E-state index contributed by atoms with van der Waals surface area (Å²) in [6.07, 6.45) is 1.64. The Hall–Kier alpha value is -1.60. The number of amides is 1. The average Bonchev–Trinajstić information content (AvgIpc) is 3.38. The zero-order valence-corrected chi connectivity index (χ0v) is 17.9. The lowest BCUT2D eigenvalue weighted by atomic mass is 10.1. The average molecular weight is 450 g/mol. The number of thioether (sulfide) groups is 2. The van der Waals surface area contributed by atoms with Crippen molar-refractivity contribution >= 4 is 58.5 Å². The standard InChI is InChI=1S/C20H17Cl2N3OS2/c21-16-3-1-2-15(18(16)22)12-25-17(8-9-23-25)24-19(26)13-4-6-14(7-5-13)20-27-10-11-28-20/h1-9,20H,10-12H2,(H,24,26). The van der Waals surface area contributed by atoms with E-state index in [-0.39, 0.29) is 5.91 Å². The highest BCUT2D eigenvalue weighted by molar-refractivity contribution is 8.19. The Balaban J connectivity index is 1.47. The van der Waals surface area contributed by atoms with Crippen molar-refractivity contribution in [3.8, 4) is 0 Å². The van der Waals surface area contributed by atoms with E-state index in [0.29, 0.717) is 32.6 Å². The summed E-state index contributed by atoms with van der Waals surface area (Å²) < 4.78 is 2.16. The van der Waals surface area contributed by atoms with Crippen molar-refractivity contribution in [3.05, 3.63) is 81.5 Å².